The predicted octanol–water partition coefficient (Wildman–Crippen LogP) is 3.10. The summed E-state index contributed by atoms with van der Waals surface area (Å²) in [5.74, 6) is -0.0765. The third-order valence-corrected chi connectivity index (χ3v) is 6.62. The van der Waals surface area contributed by atoms with E-state index in [1.54, 1.807) is 44.4 Å². The average molecular weight is 490 g/mol. The van der Waals surface area contributed by atoms with Crippen molar-refractivity contribution in [3.05, 3.63) is 59.7 Å². The van der Waals surface area contributed by atoms with Crippen molar-refractivity contribution in [1.82, 2.24) is 10.2 Å². The van der Waals surface area contributed by atoms with Crippen LogP contribution in [0.3, 0.4) is 0 Å². The summed E-state index contributed by atoms with van der Waals surface area (Å²) in [7, 11) is -2.17. The molecule has 34 heavy (non-hydrogen) atoms. The molecule has 0 aliphatic carbocycles. The number of hydrogen-bond donors (Lipinski definition) is 1. The lowest BCUT2D eigenvalue weighted by molar-refractivity contribution is -0.139. The molecule has 2 aromatic rings. The lowest BCUT2D eigenvalue weighted by atomic mass is 10.1. The highest BCUT2D eigenvalue weighted by molar-refractivity contribution is 7.92. The summed E-state index contributed by atoms with van der Waals surface area (Å²) >= 11 is 0. The predicted molar refractivity (Wildman–Crippen MR) is 134 cm³/mol. The Labute approximate surface area is 202 Å². The number of sulfonamides is 1. The first-order chi connectivity index (χ1) is 16.1. The molecule has 0 saturated carbocycles. The summed E-state index contributed by atoms with van der Waals surface area (Å²) in [6.07, 6.45) is 2.83. The summed E-state index contributed by atoms with van der Waals surface area (Å²) in [4.78, 5) is 27.7. The van der Waals surface area contributed by atoms with E-state index >= 15 is 0 Å². The molecule has 0 aliphatic rings. The van der Waals surface area contributed by atoms with Gasteiger partial charge in [-0.15, -0.1) is 0 Å². The van der Waals surface area contributed by atoms with E-state index in [-0.39, 0.29) is 12.5 Å². The van der Waals surface area contributed by atoms with E-state index in [4.69, 9.17) is 4.74 Å². The van der Waals surface area contributed by atoms with Crippen LogP contribution in [0.25, 0.3) is 0 Å². The van der Waals surface area contributed by atoms with Crippen molar-refractivity contribution >= 4 is 27.5 Å². The molecule has 1 atom stereocenters. The van der Waals surface area contributed by atoms with Crippen LogP contribution in [0, 0.1) is 6.92 Å². The number of anilines is 1. The number of ether oxygens (including phenoxy) is 1. The molecular weight excluding hydrogens is 454 g/mol. The fraction of sp³-hybridized carbons (Fsp3) is 0.440. The number of carbonyl (C=O) groups is 2. The smallest absolute Gasteiger partial charge is 0.244 e. The molecule has 0 saturated heterocycles. The summed E-state index contributed by atoms with van der Waals surface area (Å²) in [6, 6.07) is 13.4. The number of nitrogens with zero attached hydrogens (tertiary/aromatic N) is 2. The van der Waals surface area contributed by atoms with Crippen LogP contribution in [-0.2, 0) is 26.2 Å². The van der Waals surface area contributed by atoms with Crippen LogP contribution in [0.15, 0.2) is 48.5 Å². The maximum absolute atomic E-state index is 13.5. The molecule has 0 spiro atoms. The Balaban J connectivity index is 2.34. The van der Waals surface area contributed by atoms with Gasteiger partial charge in [-0.25, -0.2) is 8.42 Å². The second kappa shape index (κ2) is 12.4. The minimum absolute atomic E-state index is 0.149. The number of methoxy groups -OCH3 is 1. The van der Waals surface area contributed by atoms with E-state index in [0.29, 0.717) is 18.0 Å². The molecule has 0 heterocycles. The maximum atomic E-state index is 13.5. The number of nitrogens with one attached hydrogen (secondary N) is 1. The largest absolute Gasteiger partial charge is 0.497 e. The number of carbonyl (C=O) groups excluding carboxylic acids is 2. The Kier molecular flexibility index (Phi) is 9.92. The summed E-state index contributed by atoms with van der Waals surface area (Å²) < 4.78 is 31.4. The molecule has 0 fully saturated rings. The maximum Gasteiger partial charge on any atom is 0.244 e. The van der Waals surface area contributed by atoms with Gasteiger partial charge in [-0.05, 0) is 55.7 Å². The molecular formula is C25H35N3O5S. The summed E-state index contributed by atoms with van der Waals surface area (Å²) in [5, 5.41) is 2.86. The van der Waals surface area contributed by atoms with Gasteiger partial charge >= 0.3 is 0 Å². The molecule has 2 amide bonds. The zero-order valence-corrected chi connectivity index (χ0v) is 21.4. The Bertz CT molecular complexity index is 1070. The topological polar surface area (TPSA) is 96.0 Å². The highest BCUT2D eigenvalue weighted by atomic mass is 32.2. The van der Waals surface area contributed by atoms with E-state index in [2.05, 4.69) is 5.32 Å². The van der Waals surface area contributed by atoms with E-state index in [1.807, 2.05) is 32.0 Å². The highest BCUT2D eigenvalue weighted by Crippen LogP contribution is 2.21. The Morgan fingerprint density at radius 1 is 1.12 bits per heavy atom. The van der Waals surface area contributed by atoms with Crippen molar-refractivity contribution in [3.8, 4) is 5.75 Å². The van der Waals surface area contributed by atoms with Gasteiger partial charge in [0, 0.05) is 13.1 Å². The lowest BCUT2D eigenvalue weighted by Crippen LogP contribution is -2.51. The molecule has 0 aliphatic heterocycles. The van der Waals surface area contributed by atoms with Crippen LogP contribution in [0.4, 0.5) is 5.69 Å². The summed E-state index contributed by atoms with van der Waals surface area (Å²) in [5.41, 5.74) is 2.07. The minimum Gasteiger partial charge on any atom is -0.497 e. The minimum atomic E-state index is -3.74. The van der Waals surface area contributed by atoms with E-state index in [0.717, 1.165) is 34.5 Å². The van der Waals surface area contributed by atoms with Crippen LogP contribution in [0.2, 0.25) is 0 Å². The number of unbranched alkanes of at least 4 members (excludes halogenated alkanes) is 1. The van der Waals surface area contributed by atoms with Crippen LogP contribution in [0.1, 0.15) is 37.8 Å². The van der Waals surface area contributed by atoms with Gasteiger partial charge in [-0.2, -0.15) is 0 Å². The molecule has 0 radical (unpaired) electrons. The van der Waals surface area contributed by atoms with Crippen molar-refractivity contribution in [2.24, 2.45) is 0 Å². The van der Waals surface area contributed by atoms with Crippen LogP contribution in [-0.4, -0.2) is 57.6 Å². The average Bonchev–Trinajstić information content (AvgIpc) is 2.80. The third kappa shape index (κ3) is 7.76. The molecule has 0 aromatic heterocycles. The zero-order valence-electron chi connectivity index (χ0n) is 20.6. The lowest BCUT2D eigenvalue weighted by Gasteiger charge is -2.31. The molecule has 8 nitrogen and oxygen atoms in total. The van der Waals surface area contributed by atoms with E-state index in [9.17, 15) is 18.0 Å². The normalized spacial score (nSPS) is 12.0. The molecule has 2 rings (SSSR count). The fourth-order valence-corrected chi connectivity index (χ4v) is 4.28. The van der Waals surface area contributed by atoms with Gasteiger partial charge in [0.05, 0.1) is 19.1 Å². The molecule has 0 bridgehead atoms. The first kappa shape index (κ1) is 27.2. The van der Waals surface area contributed by atoms with Crippen molar-refractivity contribution in [2.75, 3.05) is 30.8 Å². The van der Waals surface area contributed by atoms with E-state index in [1.165, 1.54) is 4.90 Å². The third-order valence-electron chi connectivity index (χ3n) is 5.48. The Morgan fingerprint density at radius 2 is 1.79 bits per heavy atom. The van der Waals surface area contributed by atoms with E-state index < -0.39 is 28.5 Å². The zero-order chi connectivity index (χ0) is 25.3. The molecule has 9 heteroatoms. The quantitative estimate of drug-likeness (QED) is 0.462. The summed E-state index contributed by atoms with van der Waals surface area (Å²) in [6.45, 7) is 5.79. The van der Waals surface area contributed by atoms with Crippen molar-refractivity contribution in [2.45, 2.75) is 46.2 Å². The first-order valence-corrected chi connectivity index (χ1v) is 13.2. The number of amides is 2. The standard InChI is InChI=1S/C25H35N3O5S/c1-6-7-15-26-25(30)20(3)27(17-21-11-13-23(33-4)14-12-21)24(29)18-28(34(5,31)32)22-10-8-9-19(2)16-22/h8-14,16,20H,6-7,15,17-18H2,1-5H3,(H,26,30)/t20-/m1/s1. The van der Waals surface area contributed by atoms with Gasteiger partial charge in [0.25, 0.3) is 0 Å². The second-order valence-corrected chi connectivity index (χ2v) is 10.2. The fourth-order valence-electron chi connectivity index (χ4n) is 3.44. The van der Waals surface area contributed by atoms with Gasteiger partial charge in [0.15, 0.2) is 0 Å². The monoisotopic (exact) mass is 489 g/mol. The first-order valence-electron chi connectivity index (χ1n) is 11.3. The second-order valence-electron chi connectivity index (χ2n) is 8.30. The number of rotatable bonds is 12. The van der Waals surface area contributed by atoms with Gasteiger partial charge in [0.1, 0.15) is 18.3 Å². The van der Waals surface area contributed by atoms with Crippen molar-refractivity contribution < 1.29 is 22.7 Å². The van der Waals surface area contributed by atoms with Crippen molar-refractivity contribution in [1.29, 1.82) is 0 Å². The van der Waals surface area contributed by atoms with Gasteiger partial charge in [0.2, 0.25) is 21.8 Å². The highest BCUT2D eigenvalue weighted by Gasteiger charge is 2.30. The number of aryl methyl sites for hydroxylation is 1. The van der Waals surface area contributed by atoms with Crippen LogP contribution < -0.4 is 14.4 Å². The molecule has 2 aromatic carbocycles. The van der Waals surface area contributed by atoms with Crippen LogP contribution >= 0.6 is 0 Å². The Hall–Kier alpha value is -3.07. The van der Waals surface area contributed by atoms with Gasteiger partial charge in [-0.3, -0.25) is 13.9 Å². The molecule has 0 unspecified atom stereocenters. The van der Waals surface area contributed by atoms with Crippen LogP contribution in [0.5, 0.6) is 5.75 Å². The Morgan fingerprint density at radius 3 is 2.35 bits per heavy atom. The SMILES string of the molecule is CCCCNC(=O)[C@@H](C)N(Cc1ccc(OC)cc1)C(=O)CN(c1cccc(C)c1)S(C)(=O)=O. The van der Waals surface area contributed by atoms with Gasteiger partial charge < -0.3 is 15.0 Å². The molecule has 186 valence electrons. The number of benzene rings is 2. The molecule has 1 N–H and O–H groups in total. The van der Waals surface area contributed by atoms with Gasteiger partial charge in [-0.1, -0.05) is 37.6 Å². The number of hydrogen-bond acceptors (Lipinski definition) is 5. The van der Waals surface area contributed by atoms with Crippen molar-refractivity contribution in [3.63, 3.8) is 0 Å².